The summed E-state index contributed by atoms with van der Waals surface area (Å²) < 4.78 is 21.8. The van der Waals surface area contributed by atoms with Crippen molar-refractivity contribution in [2.24, 2.45) is 0 Å². The zero-order valence-corrected chi connectivity index (χ0v) is 16.8. The molecule has 10 heteroatoms. The number of rotatable bonds is 4. The fourth-order valence-electron chi connectivity index (χ4n) is 3.66. The highest BCUT2D eigenvalue weighted by Crippen LogP contribution is 2.37. The molecule has 160 valence electrons. The average molecular weight is 419 g/mol. The Balaban J connectivity index is 2.08. The van der Waals surface area contributed by atoms with Crippen LogP contribution in [-0.2, 0) is 38.1 Å². The van der Waals surface area contributed by atoms with Crippen LogP contribution in [-0.4, -0.2) is 60.2 Å². The van der Waals surface area contributed by atoms with E-state index in [1.807, 2.05) is 0 Å². The number of esters is 3. The number of ether oxygens (including phenoxy) is 4. The lowest BCUT2D eigenvalue weighted by atomic mass is 9.97. The van der Waals surface area contributed by atoms with E-state index in [1.54, 1.807) is 25.1 Å². The van der Waals surface area contributed by atoms with E-state index >= 15 is 0 Å². The molecule has 1 fully saturated rings. The van der Waals surface area contributed by atoms with E-state index in [4.69, 9.17) is 18.9 Å². The Bertz CT molecular complexity index is 911. The first-order valence-electron chi connectivity index (χ1n) is 9.25. The minimum absolute atomic E-state index is 0.173. The molecule has 0 aromatic heterocycles. The summed E-state index contributed by atoms with van der Waals surface area (Å²) in [4.78, 5) is 61.4. The van der Waals surface area contributed by atoms with Crippen molar-refractivity contribution in [2.45, 2.75) is 58.3 Å². The van der Waals surface area contributed by atoms with Crippen molar-refractivity contribution in [3.63, 3.8) is 0 Å². The van der Waals surface area contributed by atoms with Crippen LogP contribution >= 0.6 is 0 Å². The highest BCUT2D eigenvalue weighted by molar-refractivity contribution is 6.52. The van der Waals surface area contributed by atoms with Gasteiger partial charge < -0.3 is 18.9 Å². The van der Waals surface area contributed by atoms with Gasteiger partial charge >= 0.3 is 23.8 Å². The Labute approximate surface area is 172 Å². The number of para-hydroxylation sites is 1. The molecule has 3 rings (SSSR count). The molecular weight excluding hydrogens is 398 g/mol. The van der Waals surface area contributed by atoms with E-state index in [-0.39, 0.29) is 11.3 Å². The monoisotopic (exact) mass is 419 g/mol. The molecule has 30 heavy (non-hydrogen) atoms. The minimum atomic E-state index is -1.35. The topological polar surface area (TPSA) is 126 Å². The van der Waals surface area contributed by atoms with E-state index < -0.39 is 60.2 Å². The second-order valence-electron chi connectivity index (χ2n) is 6.98. The molecule has 0 saturated carbocycles. The fourth-order valence-corrected chi connectivity index (χ4v) is 3.66. The molecule has 1 saturated heterocycles. The first-order chi connectivity index (χ1) is 14.1. The lowest BCUT2D eigenvalue weighted by molar-refractivity contribution is -0.242. The van der Waals surface area contributed by atoms with Crippen LogP contribution in [0.4, 0.5) is 5.69 Å². The highest BCUT2D eigenvalue weighted by atomic mass is 16.7. The summed E-state index contributed by atoms with van der Waals surface area (Å²) in [6.07, 6.45) is -5.86. The number of ketones is 1. The van der Waals surface area contributed by atoms with Crippen LogP contribution in [0.25, 0.3) is 0 Å². The summed E-state index contributed by atoms with van der Waals surface area (Å²) in [5.41, 5.74) is 0.445. The normalized spacial score (nSPS) is 28.0. The second-order valence-corrected chi connectivity index (χ2v) is 6.98. The SMILES string of the molecule is CC(=O)O[C@@H]1[C@@H](OC(C)=O)[C@H](C)O[C@H](N2C(=O)C(=O)c3ccccc32)[C@@H]1OC(C)=O. The third-order valence-electron chi connectivity index (χ3n) is 4.73. The van der Waals surface area contributed by atoms with Gasteiger partial charge in [-0.3, -0.25) is 28.9 Å². The molecule has 0 unspecified atom stereocenters. The van der Waals surface area contributed by atoms with Crippen molar-refractivity contribution in [1.29, 1.82) is 0 Å². The van der Waals surface area contributed by atoms with Crippen molar-refractivity contribution in [3.05, 3.63) is 29.8 Å². The van der Waals surface area contributed by atoms with E-state index in [2.05, 4.69) is 0 Å². The molecule has 0 spiro atoms. The number of hydrogen-bond acceptors (Lipinski definition) is 9. The quantitative estimate of drug-likeness (QED) is 0.395. The molecule has 1 amide bonds. The van der Waals surface area contributed by atoms with Crippen LogP contribution in [0, 0.1) is 0 Å². The van der Waals surface area contributed by atoms with E-state index in [1.165, 1.54) is 13.0 Å². The van der Waals surface area contributed by atoms with Gasteiger partial charge in [0.1, 0.15) is 0 Å². The van der Waals surface area contributed by atoms with Gasteiger partial charge in [-0.2, -0.15) is 0 Å². The Morgan fingerprint density at radius 1 is 0.867 bits per heavy atom. The van der Waals surface area contributed by atoms with Crippen LogP contribution < -0.4 is 4.90 Å². The van der Waals surface area contributed by atoms with Crippen LogP contribution in [0.2, 0.25) is 0 Å². The summed E-state index contributed by atoms with van der Waals surface area (Å²) in [5, 5.41) is 0. The van der Waals surface area contributed by atoms with Gasteiger partial charge in [0.25, 0.3) is 5.78 Å². The first kappa shape index (κ1) is 21.4. The molecule has 0 N–H and O–H groups in total. The number of carbonyl (C=O) groups is 5. The van der Waals surface area contributed by atoms with Gasteiger partial charge in [0.05, 0.1) is 17.4 Å². The zero-order valence-electron chi connectivity index (χ0n) is 16.8. The number of hydrogen-bond donors (Lipinski definition) is 0. The van der Waals surface area contributed by atoms with Gasteiger partial charge in [-0.25, -0.2) is 0 Å². The van der Waals surface area contributed by atoms with Crippen molar-refractivity contribution >= 4 is 35.3 Å². The molecule has 0 aliphatic carbocycles. The molecule has 0 radical (unpaired) electrons. The van der Waals surface area contributed by atoms with Crippen molar-refractivity contribution < 1.29 is 42.9 Å². The molecular formula is C20H21NO9. The second kappa shape index (κ2) is 8.23. The number of anilines is 1. The number of carbonyl (C=O) groups excluding carboxylic acids is 5. The van der Waals surface area contributed by atoms with Crippen LogP contribution in [0.3, 0.4) is 0 Å². The summed E-state index contributed by atoms with van der Waals surface area (Å²) in [6.45, 7) is 5.00. The summed E-state index contributed by atoms with van der Waals surface area (Å²) in [7, 11) is 0. The van der Waals surface area contributed by atoms with Gasteiger partial charge in [-0.15, -0.1) is 0 Å². The maximum absolute atomic E-state index is 12.8. The predicted molar refractivity (Wildman–Crippen MR) is 99.3 cm³/mol. The molecule has 2 aliphatic rings. The molecule has 1 aromatic carbocycles. The summed E-state index contributed by atoms with van der Waals surface area (Å²) in [5.74, 6) is -3.74. The van der Waals surface area contributed by atoms with Gasteiger partial charge in [0, 0.05) is 20.8 Å². The Hall–Kier alpha value is -3.27. The smallest absolute Gasteiger partial charge is 0.303 e. The van der Waals surface area contributed by atoms with Crippen molar-refractivity contribution in [2.75, 3.05) is 4.90 Å². The van der Waals surface area contributed by atoms with Gasteiger partial charge in [0.2, 0.25) is 0 Å². The van der Waals surface area contributed by atoms with Gasteiger partial charge in [0.15, 0.2) is 24.5 Å². The predicted octanol–water partition coefficient (Wildman–Crippen LogP) is 0.756. The molecule has 0 bridgehead atoms. The molecule has 10 nitrogen and oxygen atoms in total. The van der Waals surface area contributed by atoms with E-state index in [0.717, 1.165) is 18.7 Å². The standard InChI is InChI=1S/C20H21NO9/c1-9-16(28-10(2)22)17(29-11(3)23)18(30-12(4)24)20(27-9)21-14-8-6-5-7-13(14)15(25)19(21)26/h5-9,16-18,20H,1-4H3/t9-,16-,17+,18+,20-/m0/s1. The number of nitrogens with zero attached hydrogens (tertiary/aromatic N) is 1. The van der Waals surface area contributed by atoms with Crippen LogP contribution in [0.15, 0.2) is 24.3 Å². The summed E-state index contributed by atoms with van der Waals surface area (Å²) >= 11 is 0. The number of Topliss-reactive ketones (excluding diaryl/α,β-unsaturated/α-hetero) is 1. The number of benzene rings is 1. The van der Waals surface area contributed by atoms with E-state index in [0.29, 0.717) is 0 Å². The Kier molecular flexibility index (Phi) is 5.88. The molecule has 2 heterocycles. The zero-order chi connectivity index (χ0) is 22.2. The lowest BCUT2D eigenvalue weighted by Gasteiger charge is -2.46. The first-order valence-corrected chi connectivity index (χ1v) is 9.25. The maximum Gasteiger partial charge on any atom is 0.303 e. The lowest BCUT2D eigenvalue weighted by Crippen LogP contribution is -2.65. The van der Waals surface area contributed by atoms with Crippen molar-refractivity contribution in [3.8, 4) is 0 Å². The number of amides is 1. The Morgan fingerprint density at radius 2 is 1.40 bits per heavy atom. The largest absolute Gasteiger partial charge is 0.456 e. The van der Waals surface area contributed by atoms with Gasteiger partial charge in [-0.1, -0.05) is 12.1 Å². The van der Waals surface area contributed by atoms with Crippen LogP contribution in [0.5, 0.6) is 0 Å². The minimum Gasteiger partial charge on any atom is -0.456 e. The average Bonchev–Trinajstić information content (AvgIpc) is 2.90. The molecule has 5 atom stereocenters. The Morgan fingerprint density at radius 3 is 2.00 bits per heavy atom. The van der Waals surface area contributed by atoms with Crippen LogP contribution in [0.1, 0.15) is 38.1 Å². The third-order valence-corrected chi connectivity index (χ3v) is 4.73. The maximum atomic E-state index is 12.8. The van der Waals surface area contributed by atoms with E-state index in [9.17, 15) is 24.0 Å². The summed E-state index contributed by atoms with van der Waals surface area (Å²) in [6, 6.07) is 6.29. The van der Waals surface area contributed by atoms with Gasteiger partial charge in [-0.05, 0) is 19.1 Å². The molecule has 2 aliphatic heterocycles. The highest BCUT2D eigenvalue weighted by Gasteiger charge is 2.55. The fraction of sp³-hybridized carbons (Fsp3) is 0.450. The third kappa shape index (κ3) is 3.90. The van der Waals surface area contributed by atoms with Crippen molar-refractivity contribution in [1.82, 2.24) is 0 Å². The number of fused-ring (bicyclic) bond motifs is 1. The molecule has 1 aromatic rings.